The highest BCUT2D eigenvalue weighted by Gasteiger charge is 2.29. The number of nitrogens with zero attached hydrogens (tertiary/aromatic N) is 1. The Morgan fingerprint density at radius 1 is 1.54 bits per heavy atom. The number of carbonyl (C=O) groups is 1. The first-order valence-corrected chi connectivity index (χ1v) is 4.27. The van der Waals surface area contributed by atoms with Crippen molar-refractivity contribution in [2.75, 3.05) is 5.32 Å². The number of aromatic nitrogens is 1. The predicted molar refractivity (Wildman–Crippen MR) is 51.0 cm³/mol. The Morgan fingerprint density at radius 2 is 2.31 bits per heavy atom. The van der Waals surface area contributed by atoms with E-state index in [4.69, 9.17) is 7.85 Å². The van der Waals surface area contributed by atoms with Gasteiger partial charge in [-0.2, -0.15) is 0 Å². The number of pyridine rings is 1. The van der Waals surface area contributed by atoms with E-state index in [0.29, 0.717) is 11.2 Å². The normalized spacial score (nSPS) is 15.4. The van der Waals surface area contributed by atoms with E-state index in [2.05, 4.69) is 10.3 Å². The summed E-state index contributed by atoms with van der Waals surface area (Å²) in [5, 5.41) is 2.76. The molecule has 1 heterocycles. The highest BCUT2D eigenvalue weighted by Crippen LogP contribution is 2.29. The van der Waals surface area contributed by atoms with Gasteiger partial charge in [0.1, 0.15) is 7.85 Å². The van der Waals surface area contributed by atoms with Crippen LogP contribution in [0.2, 0.25) is 0 Å². The molecule has 1 aromatic rings. The summed E-state index contributed by atoms with van der Waals surface area (Å²) in [5.74, 6) is 0.286. The van der Waals surface area contributed by atoms with Crippen LogP contribution in [0.25, 0.3) is 0 Å². The summed E-state index contributed by atoms with van der Waals surface area (Å²) in [4.78, 5) is 15.2. The van der Waals surface area contributed by atoms with E-state index in [1.54, 1.807) is 18.5 Å². The molecule has 0 spiro atoms. The maximum absolute atomic E-state index is 11.3. The fourth-order valence-corrected chi connectivity index (χ4v) is 1.12. The van der Waals surface area contributed by atoms with Gasteiger partial charge in [0.2, 0.25) is 5.91 Å². The highest BCUT2D eigenvalue weighted by molar-refractivity contribution is 6.32. The minimum absolute atomic E-state index is 0.0763. The summed E-state index contributed by atoms with van der Waals surface area (Å²) < 4.78 is 0. The minimum atomic E-state index is 0.0763. The Bertz CT molecular complexity index is 336. The van der Waals surface area contributed by atoms with E-state index >= 15 is 0 Å². The second-order valence-electron chi connectivity index (χ2n) is 3.27. The van der Waals surface area contributed by atoms with Crippen LogP contribution in [0.3, 0.4) is 0 Å². The van der Waals surface area contributed by atoms with Gasteiger partial charge in [-0.05, 0) is 18.9 Å². The van der Waals surface area contributed by atoms with E-state index in [9.17, 15) is 4.79 Å². The Hall–Kier alpha value is -1.32. The zero-order valence-corrected chi connectivity index (χ0v) is 7.16. The standard InChI is InChI=1S/C9H9BN2O/c10-7-3-8(5-11-4-7)12-9(13)6-1-2-6/h3-6H,1-2H2,(H,12,13). The molecule has 2 rings (SSSR count). The second kappa shape index (κ2) is 3.20. The summed E-state index contributed by atoms with van der Waals surface area (Å²) in [6.07, 6.45) is 5.15. The van der Waals surface area contributed by atoms with Gasteiger partial charge < -0.3 is 5.32 Å². The van der Waals surface area contributed by atoms with Gasteiger partial charge in [0, 0.05) is 12.1 Å². The first-order chi connectivity index (χ1) is 6.25. The first-order valence-electron chi connectivity index (χ1n) is 4.27. The van der Waals surface area contributed by atoms with E-state index in [-0.39, 0.29) is 11.8 Å². The quantitative estimate of drug-likeness (QED) is 0.648. The zero-order valence-electron chi connectivity index (χ0n) is 7.16. The Morgan fingerprint density at radius 3 is 2.92 bits per heavy atom. The van der Waals surface area contributed by atoms with Gasteiger partial charge in [0.25, 0.3) is 0 Å². The van der Waals surface area contributed by atoms with Crippen LogP contribution in [0.5, 0.6) is 0 Å². The molecule has 0 aromatic carbocycles. The molecule has 0 atom stereocenters. The van der Waals surface area contributed by atoms with Crippen LogP contribution in [-0.2, 0) is 4.79 Å². The molecule has 3 nitrogen and oxygen atoms in total. The molecule has 0 aliphatic heterocycles. The van der Waals surface area contributed by atoms with Crippen molar-refractivity contribution in [2.45, 2.75) is 12.8 Å². The number of rotatable bonds is 2. The van der Waals surface area contributed by atoms with Gasteiger partial charge >= 0.3 is 0 Å². The van der Waals surface area contributed by atoms with Crippen molar-refractivity contribution < 1.29 is 4.79 Å². The number of hydrogen-bond acceptors (Lipinski definition) is 2. The van der Waals surface area contributed by atoms with Crippen molar-refractivity contribution in [1.82, 2.24) is 4.98 Å². The van der Waals surface area contributed by atoms with Gasteiger partial charge in [-0.3, -0.25) is 9.78 Å². The molecule has 13 heavy (non-hydrogen) atoms. The molecular formula is C9H9BN2O. The predicted octanol–water partition coefficient (Wildman–Crippen LogP) is 0.224. The lowest BCUT2D eigenvalue weighted by molar-refractivity contribution is -0.117. The third kappa shape index (κ3) is 2.08. The number of amides is 1. The van der Waals surface area contributed by atoms with Gasteiger partial charge in [-0.15, -0.1) is 0 Å². The third-order valence-corrected chi connectivity index (χ3v) is 1.98. The summed E-state index contributed by atoms with van der Waals surface area (Å²) in [5.41, 5.74) is 1.24. The Kier molecular flexibility index (Phi) is 2.04. The number of anilines is 1. The summed E-state index contributed by atoms with van der Waals surface area (Å²) >= 11 is 0. The molecule has 1 aliphatic rings. The summed E-state index contributed by atoms with van der Waals surface area (Å²) in [6.45, 7) is 0. The average Bonchev–Trinajstić information content (AvgIpc) is 2.85. The van der Waals surface area contributed by atoms with Crippen molar-refractivity contribution >= 4 is 24.9 Å². The number of nitrogens with one attached hydrogen (secondary N) is 1. The maximum Gasteiger partial charge on any atom is 0.227 e. The van der Waals surface area contributed by atoms with Crippen molar-refractivity contribution in [3.63, 3.8) is 0 Å². The van der Waals surface area contributed by atoms with Crippen molar-refractivity contribution in [3.05, 3.63) is 18.5 Å². The largest absolute Gasteiger partial charge is 0.325 e. The SMILES string of the molecule is [B]c1cncc(NC(=O)C2CC2)c1. The lowest BCUT2D eigenvalue weighted by atomic mass is 9.99. The fourth-order valence-electron chi connectivity index (χ4n) is 1.12. The smallest absolute Gasteiger partial charge is 0.227 e. The van der Waals surface area contributed by atoms with Crippen molar-refractivity contribution in [3.8, 4) is 0 Å². The van der Waals surface area contributed by atoms with Gasteiger partial charge in [-0.25, -0.2) is 0 Å². The lowest BCUT2D eigenvalue weighted by Crippen LogP contribution is -2.15. The van der Waals surface area contributed by atoms with Crippen LogP contribution >= 0.6 is 0 Å². The van der Waals surface area contributed by atoms with E-state index in [1.807, 2.05) is 0 Å². The van der Waals surface area contributed by atoms with E-state index < -0.39 is 0 Å². The maximum atomic E-state index is 11.3. The van der Waals surface area contributed by atoms with Crippen LogP contribution in [-0.4, -0.2) is 18.7 Å². The molecule has 64 valence electrons. The van der Waals surface area contributed by atoms with Gasteiger partial charge in [0.05, 0.1) is 11.9 Å². The molecule has 1 saturated carbocycles. The van der Waals surface area contributed by atoms with Crippen LogP contribution < -0.4 is 10.8 Å². The first kappa shape index (κ1) is 8.29. The van der Waals surface area contributed by atoms with Crippen LogP contribution in [0.15, 0.2) is 18.5 Å². The van der Waals surface area contributed by atoms with Gasteiger partial charge in [0.15, 0.2) is 0 Å². The van der Waals surface area contributed by atoms with E-state index in [0.717, 1.165) is 12.8 Å². The molecule has 1 fully saturated rings. The molecule has 0 saturated heterocycles. The van der Waals surface area contributed by atoms with Gasteiger partial charge in [-0.1, -0.05) is 5.46 Å². The molecule has 4 heteroatoms. The highest BCUT2D eigenvalue weighted by atomic mass is 16.2. The Balaban J connectivity index is 2.04. The number of hydrogen-bond donors (Lipinski definition) is 1. The Labute approximate surface area is 78.0 Å². The molecule has 2 radical (unpaired) electrons. The fraction of sp³-hybridized carbons (Fsp3) is 0.333. The summed E-state index contributed by atoms with van der Waals surface area (Å²) in [7, 11) is 5.51. The third-order valence-electron chi connectivity index (χ3n) is 1.98. The monoisotopic (exact) mass is 172 g/mol. The van der Waals surface area contributed by atoms with Crippen LogP contribution in [0.1, 0.15) is 12.8 Å². The van der Waals surface area contributed by atoms with E-state index in [1.165, 1.54) is 0 Å². The van der Waals surface area contributed by atoms with Crippen LogP contribution in [0, 0.1) is 5.92 Å². The molecule has 1 aromatic heterocycles. The molecular weight excluding hydrogens is 163 g/mol. The molecule has 0 unspecified atom stereocenters. The second-order valence-corrected chi connectivity index (χ2v) is 3.27. The molecule has 1 N–H and O–H groups in total. The lowest BCUT2D eigenvalue weighted by Gasteiger charge is -2.03. The van der Waals surface area contributed by atoms with Crippen molar-refractivity contribution in [2.24, 2.45) is 5.92 Å². The van der Waals surface area contributed by atoms with Crippen LogP contribution in [0.4, 0.5) is 5.69 Å². The number of carbonyl (C=O) groups excluding carboxylic acids is 1. The zero-order chi connectivity index (χ0) is 9.26. The molecule has 1 aliphatic carbocycles. The minimum Gasteiger partial charge on any atom is -0.325 e. The average molecular weight is 172 g/mol. The molecule has 1 amide bonds. The van der Waals surface area contributed by atoms with Crippen molar-refractivity contribution in [1.29, 1.82) is 0 Å². The topological polar surface area (TPSA) is 42.0 Å². The summed E-state index contributed by atoms with van der Waals surface area (Å²) in [6, 6.07) is 1.70. The molecule has 0 bridgehead atoms.